The summed E-state index contributed by atoms with van der Waals surface area (Å²) in [5.74, 6) is -0.550. The zero-order chi connectivity index (χ0) is 22.7. The summed E-state index contributed by atoms with van der Waals surface area (Å²) in [6, 6.07) is 19.3. The van der Waals surface area contributed by atoms with Crippen LogP contribution in [-0.2, 0) is 13.0 Å². The lowest BCUT2D eigenvalue weighted by atomic mass is 10.1. The Morgan fingerprint density at radius 1 is 0.938 bits per heavy atom. The molecule has 1 aliphatic rings. The van der Waals surface area contributed by atoms with E-state index in [-0.39, 0.29) is 24.3 Å². The summed E-state index contributed by atoms with van der Waals surface area (Å²) in [5.41, 5.74) is 2.85. The summed E-state index contributed by atoms with van der Waals surface area (Å²) in [6.07, 6.45) is 0.653. The number of rotatable bonds is 7. The Morgan fingerprint density at radius 3 is 2.19 bits per heavy atom. The molecule has 1 heterocycles. The van der Waals surface area contributed by atoms with E-state index in [9.17, 15) is 14.4 Å². The predicted molar refractivity (Wildman–Crippen MR) is 121 cm³/mol. The first-order chi connectivity index (χ1) is 15.5. The first kappa shape index (κ1) is 21.6. The third-order valence-corrected chi connectivity index (χ3v) is 5.59. The van der Waals surface area contributed by atoms with Gasteiger partial charge in [0.1, 0.15) is 5.75 Å². The van der Waals surface area contributed by atoms with Crippen molar-refractivity contribution in [2.24, 2.45) is 0 Å². The van der Waals surface area contributed by atoms with E-state index >= 15 is 0 Å². The Kier molecular flexibility index (Phi) is 6.23. The molecule has 6 nitrogen and oxygen atoms in total. The highest BCUT2D eigenvalue weighted by molar-refractivity contribution is 6.30. The van der Waals surface area contributed by atoms with Crippen molar-refractivity contribution >= 4 is 29.3 Å². The van der Waals surface area contributed by atoms with Gasteiger partial charge < -0.3 is 10.1 Å². The van der Waals surface area contributed by atoms with E-state index in [1.54, 1.807) is 42.5 Å². The van der Waals surface area contributed by atoms with Crippen LogP contribution in [0, 0.1) is 0 Å². The molecule has 0 aliphatic carbocycles. The van der Waals surface area contributed by atoms with E-state index in [4.69, 9.17) is 16.3 Å². The highest BCUT2D eigenvalue weighted by Crippen LogP contribution is 2.26. The number of carbonyl (C=O) groups excluding carboxylic acids is 3. The van der Waals surface area contributed by atoms with Crippen molar-refractivity contribution in [1.29, 1.82) is 0 Å². The third-order valence-electron chi connectivity index (χ3n) is 5.34. The van der Waals surface area contributed by atoms with Crippen LogP contribution in [0.5, 0.6) is 5.75 Å². The summed E-state index contributed by atoms with van der Waals surface area (Å²) in [4.78, 5) is 39.3. The number of methoxy groups -OCH3 is 1. The molecule has 0 atom stereocenters. The normalized spacial score (nSPS) is 12.6. The van der Waals surface area contributed by atoms with Crippen LogP contribution in [0.25, 0.3) is 0 Å². The maximum absolute atomic E-state index is 12.8. The lowest BCUT2D eigenvalue weighted by Gasteiger charge is -2.16. The van der Waals surface area contributed by atoms with E-state index in [1.807, 2.05) is 24.3 Å². The Balaban J connectivity index is 1.46. The molecule has 0 unspecified atom stereocenters. The van der Waals surface area contributed by atoms with Gasteiger partial charge in [0.15, 0.2) is 0 Å². The molecule has 7 heteroatoms. The number of nitrogens with one attached hydrogen (secondary N) is 1. The van der Waals surface area contributed by atoms with Crippen LogP contribution in [0.1, 0.15) is 42.2 Å². The van der Waals surface area contributed by atoms with Gasteiger partial charge in [0, 0.05) is 11.6 Å². The molecule has 0 radical (unpaired) electrons. The van der Waals surface area contributed by atoms with Crippen LogP contribution in [0.4, 0.5) is 0 Å². The number of halogens is 1. The molecule has 32 heavy (non-hydrogen) atoms. The smallest absolute Gasteiger partial charge is 0.261 e. The van der Waals surface area contributed by atoms with Gasteiger partial charge in [0.05, 0.1) is 30.3 Å². The van der Waals surface area contributed by atoms with Crippen molar-refractivity contribution in [2.75, 3.05) is 13.7 Å². The van der Waals surface area contributed by atoms with Crippen molar-refractivity contribution in [2.45, 2.75) is 13.0 Å². The standard InChI is InChI=1S/C25H21ClN2O4/c1-32-22-11-8-17(15-28-24(30)19-4-2-3-5-20(19)25(28)31)14-21(22)23(29)27-13-12-16-6-9-18(26)10-7-16/h2-11,14H,12-13,15H2,1H3,(H,27,29). The van der Waals surface area contributed by atoms with E-state index in [0.29, 0.717) is 46.0 Å². The van der Waals surface area contributed by atoms with Crippen LogP contribution < -0.4 is 10.1 Å². The summed E-state index contributed by atoms with van der Waals surface area (Å²) < 4.78 is 5.34. The third kappa shape index (κ3) is 4.36. The molecular weight excluding hydrogens is 428 g/mol. The number of carbonyl (C=O) groups is 3. The number of hydrogen-bond acceptors (Lipinski definition) is 4. The van der Waals surface area contributed by atoms with Gasteiger partial charge in [-0.05, 0) is 53.9 Å². The van der Waals surface area contributed by atoms with Crippen LogP contribution in [-0.4, -0.2) is 36.3 Å². The van der Waals surface area contributed by atoms with Gasteiger partial charge in [-0.25, -0.2) is 0 Å². The van der Waals surface area contributed by atoms with Gasteiger partial charge in [0.25, 0.3) is 17.7 Å². The number of hydrogen-bond donors (Lipinski definition) is 1. The molecule has 1 aliphatic heterocycles. The number of amides is 3. The van der Waals surface area contributed by atoms with Gasteiger partial charge in [0.2, 0.25) is 0 Å². The molecule has 0 aromatic heterocycles. The maximum Gasteiger partial charge on any atom is 0.261 e. The largest absolute Gasteiger partial charge is 0.496 e. The monoisotopic (exact) mass is 448 g/mol. The quantitative estimate of drug-likeness (QED) is 0.552. The number of benzene rings is 3. The van der Waals surface area contributed by atoms with Gasteiger partial charge in [-0.2, -0.15) is 0 Å². The van der Waals surface area contributed by atoms with Crippen molar-refractivity contribution < 1.29 is 19.1 Å². The first-order valence-corrected chi connectivity index (χ1v) is 10.5. The molecule has 162 valence electrons. The van der Waals surface area contributed by atoms with E-state index in [0.717, 1.165) is 5.56 Å². The fraction of sp³-hybridized carbons (Fsp3) is 0.160. The lowest BCUT2D eigenvalue weighted by Crippen LogP contribution is -2.29. The fourth-order valence-electron chi connectivity index (χ4n) is 3.66. The zero-order valence-corrected chi connectivity index (χ0v) is 18.2. The molecule has 3 aromatic rings. The molecule has 3 aromatic carbocycles. The minimum Gasteiger partial charge on any atom is -0.496 e. The van der Waals surface area contributed by atoms with Crippen LogP contribution in [0.3, 0.4) is 0 Å². The van der Waals surface area contributed by atoms with Gasteiger partial charge in [-0.3, -0.25) is 19.3 Å². The molecule has 0 saturated carbocycles. The Morgan fingerprint density at radius 2 is 1.56 bits per heavy atom. The van der Waals surface area contributed by atoms with Gasteiger partial charge in [-0.15, -0.1) is 0 Å². The first-order valence-electron chi connectivity index (χ1n) is 10.1. The predicted octanol–water partition coefficient (Wildman–Crippen LogP) is 4.12. The Labute approximate surface area is 190 Å². The van der Waals surface area contributed by atoms with E-state index < -0.39 is 0 Å². The second-order valence-electron chi connectivity index (χ2n) is 7.41. The van der Waals surface area contributed by atoms with Gasteiger partial charge >= 0.3 is 0 Å². The Bertz CT molecular complexity index is 1160. The number of imide groups is 1. The highest BCUT2D eigenvalue weighted by atomic mass is 35.5. The van der Waals surface area contributed by atoms with Crippen molar-refractivity contribution in [1.82, 2.24) is 10.2 Å². The number of ether oxygens (including phenoxy) is 1. The summed E-state index contributed by atoms with van der Waals surface area (Å²) >= 11 is 5.90. The maximum atomic E-state index is 12.8. The highest BCUT2D eigenvalue weighted by Gasteiger charge is 2.35. The summed E-state index contributed by atoms with van der Waals surface area (Å²) in [5, 5.41) is 3.55. The summed E-state index contributed by atoms with van der Waals surface area (Å²) in [6.45, 7) is 0.508. The van der Waals surface area contributed by atoms with Gasteiger partial charge in [-0.1, -0.05) is 41.9 Å². The molecule has 0 fully saturated rings. The van der Waals surface area contributed by atoms with Crippen molar-refractivity contribution in [3.8, 4) is 5.75 Å². The molecule has 0 saturated heterocycles. The minimum absolute atomic E-state index is 0.0708. The van der Waals surface area contributed by atoms with Crippen molar-refractivity contribution in [3.05, 3.63) is 99.6 Å². The topological polar surface area (TPSA) is 75.7 Å². The summed E-state index contributed by atoms with van der Waals surface area (Å²) in [7, 11) is 1.49. The fourth-order valence-corrected chi connectivity index (χ4v) is 3.79. The molecule has 3 amide bonds. The van der Waals surface area contributed by atoms with Crippen LogP contribution in [0.15, 0.2) is 66.7 Å². The average molecular weight is 449 g/mol. The van der Waals surface area contributed by atoms with Crippen LogP contribution in [0.2, 0.25) is 5.02 Å². The average Bonchev–Trinajstić information content (AvgIpc) is 3.05. The van der Waals surface area contributed by atoms with E-state index in [1.165, 1.54) is 12.0 Å². The second kappa shape index (κ2) is 9.24. The SMILES string of the molecule is COc1ccc(CN2C(=O)c3ccccc3C2=O)cc1C(=O)NCCc1ccc(Cl)cc1. The second-order valence-corrected chi connectivity index (χ2v) is 7.85. The zero-order valence-electron chi connectivity index (χ0n) is 17.4. The molecule has 0 spiro atoms. The molecular formula is C25H21ClN2O4. The van der Waals surface area contributed by atoms with E-state index in [2.05, 4.69) is 5.32 Å². The molecule has 0 bridgehead atoms. The van der Waals surface area contributed by atoms with Crippen LogP contribution >= 0.6 is 11.6 Å². The minimum atomic E-state index is -0.338. The number of nitrogens with zero attached hydrogens (tertiary/aromatic N) is 1. The molecule has 4 rings (SSSR count). The van der Waals surface area contributed by atoms with Crippen molar-refractivity contribution in [3.63, 3.8) is 0 Å². The Hall–Kier alpha value is -3.64. The molecule has 1 N–H and O–H groups in total. The number of fused-ring (bicyclic) bond motifs is 1. The lowest BCUT2D eigenvalue weighted by molar-refractivity contribution is 0.0642.